The van der Waals surface area contributed by atoms with Gasteiger partial charge in [-0.2, -0.15) is 0 Å². The van der Waals surface area contributed by atoms with Crippen LogP contribution in [-0.2, 0) is 4.79 Å². The fourth-order valence-electron chi connectivity index (χ4n) is 2.61. The van der Waals surface area contributed by atoms with Crippen molar-refractivity contribution in [2.45, 2.75) is 0 Å². The molecule has 2 aromatic rings. The van der Waals surface area contributed by atoms with Crippen LogP contribution in [0.2, 0.25) is 5.02 Å². The van der Waals surface area contributed by atoms with Gasteiger partial charge >= 0.3 is 6.03 Å². The molecule has 1 aliphatic rings. The van der Waals surface area contributed by atoms with Crippen LogP contribution >= 0.6 is 11.6 Å². The summed E-state index contributed by atoms with van der Waals surface area (Å²) in [6.07, 6.45) is 6.68. The van der Waals surface area contributed by atoms with Crippen molar-refractivity contribution in [3.8, 4) is 5.75 Å². The van der Waals surface area contributed by atoms with Crippen LogP contribution in [0, 0.1) is 0 Å². The summed E-state index contributed by atoms with van der Waals surface area (Å²) >= 11 is 6.01. The van der Waals surface area contributed by atoms with Gasteiger partial charge in [-0.3, -0.25) is 4.79 Å². The molecule has 0 saturated heterocycles. The molecule has 3 rings (SSSR count). The van der Waals surface area contributed by atoms with Crippen molar-refractivity contribution in [3.05, 3.63) is 83.4 Å². The minimum Gasteiger partial charge on any atom is -0.488 e. The summed E-state index contributed by atoms with van der Waals surface area (Å²) in [6.45, 7) is 4.30. The van der Waals surface area contributed by atoms with E-state index < -0.39 is 0 Å². The van der Waals surface area contributed by atoms with E-state index in [4.69, 9.17) is 16.3 Å². The number of benzene rings is 2. The number of hydrogen-bond donors (Lipinski definition) is 3. The average Bonchev–Trinajstić information content (AvgIpc) is 2.72. The standard InChI is InChI=1S/C22H20ClN3O3/c1-2-11-24-22(28)26-19-7-5-18(6-8-19)25-21(27)10-3-15-12-16-13-17(23)4-9-20(16)29-14-15/h2-10,12-13H,1,11,14H2,(H,25,27)(H2,24,26,28)/b10-3+. The highest BCUT2D eigenvalue weighted by atomic mass is 35.5. The van der Waals surface area contributed by atoms with E-state index in [1.165, 1.54) is 6.08 Å². The summed E-state index contributed by atoms with van der Waals surface area (Å²) in [5, 5.41) is 8.69. The number of carbonyl (C=O) groups is 2. The molecule has 3 amide bonds. The molecule has 1 heterocycles. The predicted octanol–water partition coefficient (Wildman–Crippen LogP) is 4.62. The Labute approximate surface area is 173 Å². The first-order valence-corrected chi connectivity index (χ1v) is 9.29. The Bertz CT molecular complexity index is 981. The molecule has 2 aromatic carbocycles. The summed E-state index contributed by atoms with van der Waals surface area (Å²) < 4.78 is 5.66. The zero-order chi connectivity index (χ0) is 20.6. The molecular formula is C22H20ClN3O3. The minimum atomic E-state index is -0.324. The number of nitrogens with one attached hydrogen (secondary N) is 3. The van der Waals surface area contributed by atoms with Crippen LogP contribution < -0.4 is 20.7 Å². The average molecular weight is 410 g/mol. The summed E-state index contributed by atoms with van der Waals surface area (Å²) in [4.78, 5) is 23.8. The highest BCUT2D eigenvalue weighted by Gasteiger charge is 2.10. The van der Waals surface area contributed by atoms with Gasteiger partial charge in [-0.15, -0.1) is 6.58 Å². The van der Waals surface area contributed by atoms with Gasteiger partial charge in [0.1, 0.15) is 12.4 Å². The maximum atomic E-state index is 12.2. The maximum absolute atomic E-state index is 12.2. The molecule has 29 heavy (non-hydrogen) atoms. The van der Waals surface area contributed by atoms with Gasteiger partial charge in [-0.25, -0.2) is 4.79 Å². The van der Waals surface area contributed by atoms with E-state index in [-0.39, 0.29) is 11.9 Å². The number of carbonyl (C=O) groups excluding carboxylic acids is 2. The van der Waals surface area contributed by atoms with Gasteiger partial charge in [0, 0.05) is 34.6 Å². The van der Waals surface area contributed by atoms with Crippen molar-refractivity contribution in [2.24, 2.45) is 0 Å². The summed E-state index contributed by atoms with van der Waals surface area (Å²) in [7, 11) is 0. The molecule has 7 heteroatoms. The van der Waals surface area contributed by atoms with Gasteiger partial charge in [0.15, 0.2) is 0 Å². The number of ether oxygens (including phenoxy) is 1. The Balaban J connectivity index is 1.55. The number of fused-ring (bicyclic) bond motifs is 1. The Kier molecular flexibility index (Phi) is 6.71. The molecule has 0 spiro atoms. The van der Waals surface area contributed by atoms with Crippen LogP contribution in [0.3, 0.4) is 0 Å². The van der Waals surface area contributed by atoms with E-state index >= 15 is 0 Å². The fourth-order valence-corrected chi connectivity index (χ4v) is 2.79. The summed E-state index contributed by atoms with van der Waals surface area (Å²) in [6, 6.07) is 11.9. The highest BCUT2D eigenvalue weighted by Crippen LogP contribution is 2.29. The molecular weight excluding hydrogens is 390 g/mol. The molecule has 0 saturated carbocycles. The Hall–Kier alpha value is -3.51. The maximum Gasteiger partial charge on any atom is 0.319 e. The molecule has 0 aromatic heterocycles. The van der Waals surface area contributed by atoms with Gasteiger partial charge in [0.05, 0.1) is 0 Å². The van der Waals surface area contributed by atoms with E-state index in [0.717, 1.165) is 16.9 Å². The van der Waals surface area contributed by atoms with Gasteiger partial charge in [-0.1, -0.05) is 23.8 Å². The monoisotopic (exact) mass is 409 g/mol. The molecule has 0 unspecified atom stereocenters. The number of rotatable bonds is 6. The van der Waals surface area contributed by atoms with Crippen molar-refractivity contribution < 1.29 is 14.3 Å². The first-order valence-electron chi connectivity index (χ1n) is 8.91. The first kappa shape index (κ1) is 20.2. The van der Waals surface area contributed by atoms with Crippen molar-refractivity contribution >= 4 is 41.0 Å². The molecule has 148 valence electrons. The summed E-state index contributed by atoms with van der Waals surface area (Å²) in [5.74, 6) is 0.495. The zero-order valence-electron chi connectivity index (χ0n) is 15.6. The number of anilines is 2. The molecule has 0 fully saturated rings. The molecule has 1 aliphatic heterocycles. The Morgan fingerprint density at radius 1 is 1.10 bits per heavy atom. The zero-order valence-corrected chi connectivity index (χ0v) is 16.3. The van der Waals surface area contributed by atoms with E-state index in [2.05, 4.69) is 22.5 Å². The quantitative estimate of drug-likeness (QED) is 0.481. The van der Waals surface area contributed by atoms with E-state index in [1.54, 1.807) is 42.5 Å². The smallest absolute Gasteiger partial charge is 0.319 e. The van der Waals surface area contributed by atoms with E-state index in [1.807, 2.05) is 18.2 Å². The van der Waals surface area contributed by atoms with E-state index in [9.17, 15) is 9.59 Å². The Morgan fingerprint density at radius 3 is 2.55 bits per heavy atom. The van der Waals surface area contributed by atoms with E-state index in [0.29, 0.717) is 29.5 Å². The largest absolute Gasteiger partial charge is 0.488 e. The molecule has 0 bridgehead atoms. The number of halogens is 1. The molecule has 0 aliphatic carbocycles. The van der Waals surface area contributed by atoms with Crippen LogP contribution in [0.4, 0.5) is 16.2 Å². The summed E-state index contributed by atoms with van der Waals surface area (Å²) in [5.41, 5.74) is 2.97. The lowest BCUT2D eigenvalue weighted by Gasteiger charge is -2.16. The van der Waals surface area contributed by atoms with Crippen molar-refractivity contribution in [1.82, 2.24) is 5.32 Å². The third-order valence-corrected chi connectivity index (χ3v) is 4.21. The van der Waals surface area contributed by atoms with Crippen LogP contribution in [-0.4, -0.2) is 25.1 Å². The van der Waals surface area contributed by atoms with Crippen LogP contribution in [0.1, 0.15) is 5.56 Å². The van der Waals surface area contributed by atoms with Crippen LogP contribution in [0.25, 0.3) is 6.08 Å². The number of urea groups is 1. The second-order valence-corrected chi connectivity index (χ2v) is 6.65. The molecule has 0 atom stereocenters. The SMILES string of the molecule is C=CCNC(=O)Nc1ccc(NC(=O)/C=C/C2=Cc3cc(Cl)ccc3OC2)cc1. The van der Waals surface area contributed by atoms with Crippen molar-refractivity contribution in [3.63, 3.8) is 0 Å². The lowest BCUT2D eigenvalue weighted by molar-refractivity contribution is -0.111. The number of hydrogen-bond acceptors (Lipinski definition) is 3. The van der Waals surface area contributed by atoms with Gasteiger partial charge in [-0.05, 0) is 54.1 Å². The van der Waals surface area contributed by atoms with Gasteiger partial charge in [0.2, 0.25) is 5.91 Å². The molecule has 6 nitrogen and oxygen atoms in total. The topological polar surface area (TPSA) is 79.5 Å². The fraction of sp³-hybridized carbons (Fsp3) is 0.0909. The second kappa shape index (κ2) is 9.61. The molecule has 3 N–H and O–H groups in total. The molecule has 0 radical (unpaired) electrons. The third kappa shape index (κ3) is 5.99. The minimum absolute atomic E-state index is 0.271. The second-order valence-electron chi connectivity index (χ2n) is 6.21. The van der Waals surface area contributed by atoms with Crippen molar-refractivity contribution in [1.29, 1.82) is 0 Å². The van der Waals surface area contributed by atoms with Gasteiger partial charge in [0.25, 0.3) is 0 Å². The lowest BCUT2D eigenvalue weighted by atomic mass is 10.1. The first-order chi connectivity index (χ1) is 14.0. The number of amides is 3. The lowest BCUT2D eigenvalue weighted by Crippen LogP contribution is -2.28. The normalized spacial score (nSPS) is 12.4. The van der Waals surface area contributed by atoms with Crippen molar-refractivity contribution in [2.75, 3.05) is 23.8 Å². The predicted molar refractivity (Wildman–Crippen MR) is 116 cm³/mol. The van der Waals surface area contributed by atoms with Crippen LogP contribution in [0.15, 0.2) is 72.8 Å². The van der Waals surface area contributed by atoms with Gasteiger partial charge < -0.3 is 20.7 Å². The Morgan fingerprint density at radius 2 is 1.83 bits per heavy atom. The van der Waals surface area contributed by atoms with Crippen LogP contribution in [0.5, 0.6) is 5.75 Å². The highest BCUT2D eigenvalue weighted by molar-refractivity contribution is 6.30. The third-order valence-electron chi connectivity index (χ3n) is 3.97.